The van der Waals surface area contributed by atoms with E-state index in [2.05, 4.69) is 24.6 Å². The van der Waals surface area contributed by atoms with Gasteiger partial charge in [-0.2, -0.15) is 30.7 Å². The van der Waals surface area contributed by atoms with Gasteiger partial charge >= 0.3 is 12.4 Å². The highest BCUT2D eigenvalue weighted by Gasteiger charge is 2.33. The molecule has 4 heterocycles. The normalized spacial score (nSPS) is 15.4. The number of likely N-dealkylation sites (tertiary alicyclic amines) is 1. The quantitative estimate of drug-likeness (QED) is 0.306. The van der Waals surface area contributed by atoms with Gasteiger partial charge in [0.1, 0.15) is 0 Å². The lowest BCUT2D eigenvalue weighted by Gasteiger charge is -2.32. The van der Waals surface area contributed by atoms with Crippen LogP contribution >= 0.6 is 11.5 Å². The summed E-state index contributed by atoms with van der Waals surface area (Å²) in [5, 5.41) is 2.80. The van der Waals surface area contributed by atoms with E-state index in [0.717, 1.165) is 49.1 Å². The minimum Gasteiger partial charge on any atom is -0.320 e. The predicted octanol–water partition coefficient (Wildman–Crippen LogP) is 6.10. The zero-order valence-electron chi connectivity index (χ0n) is 21.6. The van der Waals surface area contributed by atoms with E-state index in [-0.39, 0.29) is 18.7 Å². The number of anilines is 1. The summed E-state index contributed by atoms with van der Waals surface area (Å²) in [5.41, 5.74) is 1.35. The van der Waals surface area contributed by atoms with Crippen molar-refractivity contribution in [2.45, 2.75) is 57.8 Å². The van der Waals surface area contributed by atoms with Crippen LogP contribution in [0.2, 0.25) is 0 Å². The third kappa shape index (κ3) is 8.43. The average molecular weight is 587 g/mol. The standard InChI is InChI=1S/C26H28F6N6OS/c1-16-23(21(40-37-16)12-20-14-35-22(15-34-20)26(30,31)32)24(39)36-19-5-4-18(33-13-19)3-2-17-6-9-38(10-7-17)11-8-25(27,28)29/h4-5,13-15,17H,2-3,6-12H2,1H3,(H,36,39). The van der Waals surface area contributed by atoms with Crippen molar-refractivity contribution in [1.82, 2.24) is 24.2 Å². The molecule has 0 radical (unpaired) electrons. The number of aryl methyl sites for hydroxylation is 2. The fourth-order valence-corrected chi connectivity index (χ4v) is 5.44. The van der Waals surface area contributed by atoms with Crippen molar-refractivity contribution in [3.05, 3.63) is 63.9 Å². The molecule has 4 rings (SSSR count). The Kier molecular flexibility index (Phi) is 9.39. The predicted molar refractivity (Wildman–Crippen MR) is 137 cm³/mol. The Morgan fingerprint density at radius 1 is 1.02 bits per heavy atom. The SMILES string of the molecule is Cc1nsc(Cc2cnc(C(F)(F)F)cn2)c1C(=O)Nc1ccc(CCC2CCN(CCC(F)(F)F)CC2)nc1. The molecule has 0 atom stereocenters. The fraction of sp³-hybridized carbons (Fsp3) is 0.500. The molecule has 0 aliphatic carbocycles. The number of piperidine rings is 1. The molecule has 0 spiro atoms. The number of carbonyl (C=O) groups excluding carboxylic acids is 1. The van der Waals surface area contributed by atoms with Crippen LogP contribution in [0.5, 0.6) is 0 Å². The highest BCUT2D eigenvalue weighted by molar-refractivity contribution is 7.06. The maximum Gasteiger partial charge on any atom is 0.434 e. The summed E-state index contributed by atoms with van der Waals surface area (Å²) >= 11 is 1.08. The fourth-order valence-electron chi connectivity index (χ4n) is 4.56. The number of alkyl halides is 6. The topological polar surface area (TPSA) is 83.9 Å². The molecule has 1 amide bonds. The third-order valence-corrected chi connectivity index (χ3v) is 7.74. The molecule has 1 saturated heterocycles. The Balaban J connectivity index is 1.27. The number of pyridine rings is 1. The van der Waals surface area contributed by atoms with Crippen LogP contribution in [-0.2, 0) is 19.0 Å². The molecular formula is C26H28F6N6OS. The van der Waals surface area contributed by atoms with Gasteiger partial charge in [0, 0.05) is 29.7 Å². The first kappa shape index (κ1) is 29.8. The van der Waals surface area contributed by atoms with E-state index in [1.54, 1.807) is 19.2 Å². The van der Waals surface area contributed by atoms with Crippen LogP contribution in [0.1, 0.15) is 63.7 Å². The van der Waals surface area contributed by atoms with Crippen LogP contribution in [-0.4, -0.2) is 55.9 Å². The molecule has 40 heavy (non-hydrogen) atoms. The molecule has 1 fully saturated rings. The van der Waals surface area contributed by atoms with Gasteiger partial charge in [0.25, 0.3) is 5.91 Å². The number of rotatable bonds is 9. The van der Waals surface area contributed by atoms with Crippen LogP contribution < -0.4 is 5.32 Å². The minimum absolute atomic E-state index is 0.0522. The molecule has 0 bridgehead atoms. The van der Waals surface area contributed by atoms with E-state index in [0.29, 0.717) is 47.0 Å². The third-order valence-electron chi connectivity index (χ3n) is 6.81. The number of aromatic nitrogens is 4. The van der Waals surface area contributed by atoms with Crippen molar-refractivity contribution in [1.29, 1.82) is 0 Å². The second-order valence-corrected chi connectivity index (χ2v) is 10.7. The smallest absolute Gasteiger partial charge is 0.320 e. The van der Waals surface area contributed by atoms with E-state index in [1.807, 2.05) is 11.0 Å². The van der Waals surface area contributed by atoms with Gasteiger partial charge in [-0.25, -0.2) is 4.98 Å². The maximum absolute atomic E-state index is 13.0. The average Bonchev–Trinajstić information content (AvgIpc) is 3.26. The largest absolute Gasteiger partial charge is 0.434 e. The number of hydrogen-bond acceptors (Lipinski definition) is 7. The van der Waals surface area contributed by atoms with Gasteiger partial charge in [-0.3, -0.25) is 14.8 Å². The van der Waals surface area contributed by atoms with Gasteiger partial charge in [-0.05, 0) is 75.3 Å². The van der Waals surface area contributed by atoms with Crippen molar-refractivity contribution in [2.75, 3.05) is 25.0 Å². The molecule has 3 aromatic rings. The molecule has 216 valence electrons. The van der Waals surface area contributed by atoms with Gasteiger partial charge in [0.15, 0.2) is 5.69 Å². The molecule has 14 heteroatoms. The summed E-state index contributed by atoms with van der Waals surface area (Å²) in [5.74, 6) is 0.0260. The number of halogens is 6. The lowest BCUT2D eigenvalue weighted by Crippen LogP contribution is -2.36. The molecule has 1 aliphatic heterocycles. The Labute approximate surface area is 231 Å². The Bertz CT molecular complexity index is 1270. The van der Waals surface area contributed by atoms with Gasteiger partial charge in [0.2, 0.25) is 0 Å². The van der Waals surface area contributed by atoms with Gasteiger partial charge in [-0.1, -0.05) is 0 Å². The number of nitrogens with one attached hydrogen (secondary N) is 1. The van der Waals surface area contributed by atoms with Gasteiger partial charge < -0.3 is 10.2 Å². The van der Waals surface area contributed by atoms with Crippen LogP contribution in [0.25, 0.3) is 0 Å². The Hall–Kier alpha value is -3.13. The number of nitrogens with zero attached hydrogens (tertiary/aromatic N) is 5. The van der Waals surface area contributed by atoms with Crippen LogP contribution in [0.3, 0.4) is 0 Å². The monoisotopic (exact) mass is 586 g/mol. The lowest BCUT2D eigenvalue weighted by molar-refractivity contribution is -0.141. The van der Waals surface area contributed by atoms with Crippen molar-refractivity contribution in [3.8, 4) is 0 Å². The van der Waals surface area contributed by atoms with E-state index < -0.39 is 30.4 Å². The van der Waals surface area contributed by atoms with Crippen LogP contribution in [0, 0.1) is 12.8 Å². The van der Waals surface area contributed by atoms with Crippen LogP contribution in [0.4, 0.5) is 32.0 Å². The summed E-state index contributed by atoms with van der Waals surface area (Å²) in [4.78, 5) is 27.1. The molecule has 0 unspecified atom stereocenters. The zero-order chi connectivity index (χ0) is 28.9. The number of carbonyl (C=O) groups is 1. The zero-order valence-corrected chi connectivity index (χ0v) is 22.5. The molecule has 1 aliphatic rings. The van der Waals surface area contributed by atoms with Crippen molar-refractivity contribution >= 4 is 23.1 Å². The van der Waals surface area contributed by atoms with Crippen molar-refractivity contribution in [3.63, 3.8) is 0 Å². The van der Waals surface area contributed by atoms with E-state index in [4.69, 9.17) is 0 Å². The first-order chi connectivity index (χ1) is 18.9. The number of hydrogen-bond donors (Lipinski definition) is 1. The first-order valence-corrected chi connectivity index (χ1v) is 13.5. The number of amides is 1. The molecule has 1 N–H and O–H groups in total. The first-order valence-electron chi connectivity index (χ1n) is 12.8. The Morgan fingerprint density at radius 2 is 1.75 bits per heavy atom. The summed E-state index contributed by atoms with van der Waals surface area (Å²) < 4.78 is 79.8. The van der Waals surface area contributed by atoms with E-state index >= 15 is 0 Å². The second kappa shape index (κ2) is 12.6. The van der Waals surface area contributed by atoms with Gasteiger partial charge in [-0.15, -0.1) is 0 Å². The highest BCUT2D eigenvalue weighted by Crippen LogP contribution is 2.28. The Morgan fingerprint density at radius 3 is 2.35 bits per heavy atom. The summed E-state index contributed by atoms with van der Waals surface area (Å²) in [6.45, 7) is 3.07. The molecular weight excluding hydrogens is 558 g/mol. The van der Waals surface area contributed by atoms with Crippen molar-refractivity contribution < 1.29 is 31.1 Å². The molecule has 0 saturated carbocycles. The summed E-state index contributed by atoms with van der Waals surface area (Å²) in [7, 11) is 0. The van der Waals surface area contributed by atoms with Gasteiger partial charge in [0.05, 0.1) is 41.5 Å². The van der Waals surface area contributed by atoms with E-state index in [1.165, 1.54) is 0 Å². The molecule has 3 aromatic heterocycles. The van der Waals surface area contributed by atoms with Crippen molar-refractivity contribution in [2.24, 2.45) is 5.92 Å². The highest BCUT2D eigenvalue weighted by atomic mass is 32.1. The summed E-state index contributed by atoms with van der Waals surface area (Å²) in [6.07, 6.45) is -2.77. The second-order valence-electron chi connectivity index (χ2n) is 9.81. The summed E-state index contributed by atoms with van der Waals surface area (Å²) in [6, 6.07) is 3.57. The molecule has 0 aromatic carbocycles. The van der Waals surface area contributed by atoms with E-state index in [9.17, 15) is 31.1 Å². The van der Waals surface area contributed by atoms with Crippen LogP contribution in [0.15, 0.2) is 30.7 Å². The molecule has 7 nitrogen and oxygen atoms in total. The lowest BCUT2D eigenvalue weighted by atomic mass is 9.91. The maximum atomic E-state index is 13.0. The minimum atomic E-state index is -4.58.